The molecule has 3 saturated heterocycles. The molecule has 2 radical (unpaired) electrons. The van der Waals surface area contributed by atoms with E-state index in [0.717, 1.165) is 0 Å². The van der Waals surface area contributed by atoms with Gasteiger partial charge < -0.3 is 78.3 Å². The summed E-state index contributed by atoms with van der Waals surface area (Å²) in [6.07, 6.45) is -0.392. The first-order valence-corrected chi connectivity index (χ1v) is 16.5. The third kappa shape index (κ3) is 8.23. The quantitative estimate of drug-likeness (QED) is 0.127. The van der Waals surface area contributed by atoms with E-state index < -0.39 is 71.3 Å². The molecule has 7 rings (SSSR count). The van der Waals surface area contributed by atoms with Crippen molar-refractivity contribution in [2.24, 2.45) is 9.98 Å². The summed E-state index contributed by atoms with van der Waals surface area (Å²) in [7, 11) is -9.09. The van der Waals surface area contributed by atoms with Gasteiger partial charge in [-0.1, -0.05) is 12.7 Å². The van der Waals surface area contributed by atoms with Crippen LogP contribution in [-0.4, -0.2) is 107 Å². The summed E-state index contributed by atoms with van der Waals surface area (Å²) in [5, 5.41) is 36.2. The SMILES string of the molecule is CC1N[C-]=Nc2c1ncn2C1OC(COP(=O)(O)O)C(O)C1O.CC1N[C-]=Nc2c1ncn2C1OC2COP(=O)([O-])OC2C1O.[Y].[Y]. The van der Waals surface area contributed by atoms with E-state index >= 15 is 0 Å². The zero-order valence-corrected chi connectivity index (χ0v) is 32.0. The predicted octanol–water partition coefficient (Wildman–Crippen LogP) is -1.97. The molecular weight excluding hydrogens is 824 g/mol. The van der Waals surface area contributed by atoms with Gasteiger partial charge in [0.2, 0.25) is 0 Å². The summed E-state index contributed by atoms with van der Waals surface area (Å²) < 4.78 is 50.0. The Hall–Kier alpha value is -0.412. The number of aliphatic imine (C=N–C) groups is 2. The number of hydrogen-bond donors (Lipinski definition) is 7. The summed E-state index contributed by atoms with van der Waals surface area (Å²) in [5.74, 6) is 0.921. The summed E-state index contributed by atoms with van der Waals surface area (Å²) in [4.78, 5) is 45.3. The Labute approximate surface area is 317 Å². The molecule has 5 aliphatic heterocycles. The Balaban J connectivity index is 0.000000204. The Morgan fingerprint density at radius 3 is 2.04 bits per heavy atom. The third-order valence-electron chi connectivity index (χ3n) is 7.55. The Morgan fingerprint density at radius 1 is 0.979 bits per heavy atom. The van der Waals surface area contributed by atoms with Crippen molar-refractivity contribution in [3.63, 3.8) is 0 Å². The van der Waals surface area contributed by atoms with Gasteiger partial charge in [-0.25, -0.2) is 4.57 Å². The largest absolute Gasteiger partial charge is 0.756 e. The van der Waals surface area contributed by atoms with Gasteiger partial charge in [-0.15, -0.1) is 0 Å². The number of aliphatic hydroxyl groups is 3. The van der Waals surface area contributed by atoms with Gasteiger partial charge in [-0.05, 0) is 13.8 Å². The zero-order valence-electron chi connectivity index (χ0n) is 24.6. The van der Waals surface area contributed by atoms with E-state index in [4.69, 9.17) is 23.8 Å². The summed E-state index contributed by atoms with van der Waals surface area (Å²) in [5.41, 5.74) is 1.32. The van der Waals surface area contributed by atoms with Crippen LogP contribution in [0.3, 0.4) is 0 Å². The second-order valence-corrected chi connectivity index (χ2v) is 13.2. The number of nitrogens with zero attached hydrogens (tertiary/aromatic N) is 6. The van der Waals surface area contributed by atoms with E-state index in [-0.39, 0.29) is 84.1 Å². The molecule has 0 bridgehead atoms. The first-order valence-electron chi connectivity index (χ1n) is 13.5. The third-order valence-corrected chi connectivity index (χ3v) is 9.00. The summed E-state index contributed by atoms with van der Waals surface area (Å²) >= 11 is 0. The number of phosphoric acid groups is 2. The van der Waals surface area contributed by atoms with Crippen molar-refractivity contribution in [1.82, 2.24) is 29.7 Å². The maximum Gasteiger partial charge on any atom is 0.469 e. The number of ether oxygens (including phenoxy) is 2. The van der Waals surface area contributed by atoms with E-state index in [1.165, 1.54) is 17.2 Å². The van der Waals surface area contributed by atoms with Crippen molar-refractivity contribution in [2.45, 2.75) is 75.0 Å². The second-order valence-electron chi connectivity index (χ2n) is 10.6. The van der Waals surface area contributed by atoms with Gasteiger partial charge in [0.25, 0.3) is 7.82 Å². The molecule has 0 saturated carbocycles. The van der Waals surface area contributed by atoms with Crippen LogP contribution >= 0.6 is 15.6 Å². The normalized spacial score (nSPS) is 36.8. The average molecular weight is 853 g/mol. The Bertz CT molecular complexity index is 1570. The van der Waals surface area contributed by atoms with Crippen molar-refractivity contribution < 1.29 is 128 Å². The van der Waals surface area contributed by atoms with Gasteiger partial charge in [0.05, 0.1) is 25.9 Å². The number of hydrogen-bond acceptors (Lipinski definition) is 17. The number of nitrogens with one attached hydrogen (secondary N) is 2. The number of aliphatic hydroxyl groups excluding tert-OH is 3. The molecule has 0 amide bonds. The minimum atomic E-state index is -4.70. The van der Waals surface area contributed by atoms with Crippen LogP contribution in [0.4, 0.5) is 11.6 Å². The van der Waals surface area contributed by atoms with Gasteiger partial charge in [-0.3, -0.25) is 19.1 Å². The van der Waals surface area contributed by atoms with Crippen molar-refractivity contribution in [3.05, 3.63) is 24.0 Å². The summed E-state index contributed by atoms with van der Waals surface area (Å²) in [6, 6.07) is -0.197. The van der Waals surface area contributed by atoms with Gasteiger partial charge >= 0.3 is 7.82 Å². The van der Waals surface area contributed by atoms with Crippen LogP contribution in [0.5, 0.6) is 0 Å². The molecule has 11 atom stereocenters. The Kier molecular flexibility index (Phi) is 12.9. The summed E-state index contributed by atoms with van der Waals surface area (Å²) in [6.45, 7) is 3.00. The smallest absolute Gasteiger partial charge is 0.469 e. The minimum absolute atomic E-state index is 0. The number of imidazole rings is 2. The van der Waals surface area contributed by atoms with Crippen LogP contribution in [0.15, 0.2) is 22.6 Å². The van der Waals surface area contributed by atoms with E-state index in [2.05, 4.69) is 52.3 Å². The fraction of sp³-hybridized carbons (Fsp3) is 0.636. The van der Waals surface area contributed by atoms with Crippen molar-refractivity contribution in [3.8, 4) is 0 Å². The average Bonchev–Trinajstić information content (AvgIpc) is 3.74. The number of rotatable bonds is 5. The molecule has 254 valence electrons. The molecule has 7 heterocycles. The molecule has 21 nitrogen and oxygen atoms in total. The molecular formula is C22H29N8O13P2Y2-3. The number of phosphoric ester groups is 2. The molecule has 5 aliphatic rings. The number of aromatic nitrogens is 4. The fourth-order valence-electron chi connectivity index (χ4n) is 5.28. The van der Waals surface area contributed by atoms with Gasteiger partial charge in [0, 0.05) is 101 Å². The van der Waals surface area contributed by atoms with Crippen LogP contribution in [0.1, 0.15) is 49.8 Å². The standard InChI is InChI=1S/C11H16N4O7P.C11H14N4O6P.2Y/c1-5-7-10(13-3-12-5)15(4-14-7)11-9(17)8(16)6(22-11)2-21-23(18,19)20;1-5-7-10(13-3-12-5)15(4-14-7)11-8(16)9-6(20-11)2-19-22(17,18)21-9;;/h4-6,8-9,11,16-17H,2H2,1H3,(H,12,13)(H2,18,19,20);4-6,8-9,11,16H,2H2,1H3,(H,12,13)(H,17,18);;/q2*-1;;/p-1. The molecule has 0 aromatic carbocycles. The molecule has 2 aromatic heterocycles. The number of fused-ring (bicyclic) bond motifs is 3. The first kappa shape index (κ1) is 39.4. The molecule has 47 heavy (non-hydrogen) atoms. The molecule has 11 unspecified atom stereocenters. The van der Waals surface area contributed by atoms with Crippen molar-refractivity contribution in [2.75, 3.05) is 13.2 Å². The van der Waals surface area contributed by atoms with Crippen LogP contribution in [0.25, 0.3) is 0 Å². The molecule has 7 N–H and O–H groups in total. The maximum absolute atomic E-state index is 11.4. The molecule has 3 fully saturated rings. The van der Waals surface area contributed by atoms with Crippen LogP contribution in [0, 0.1) is 0 Å². The maximum atomic E-state index is 11.4. The van der Waals surface area contributed by atoms with Gasteiger partial charge in [-0.2, -0.15) is 0 Å². The second kappa shape index (κ2) is 15.5. The molecule has 0 aliphatic carbocycles. The van der Waals surface area contributed by atoms with E-state index in [9.17, 15) is 29.3 Å². The van der Waals surface area contributed by atoms with Gasteiger partial charge in [0.15, 0.2) is 12.5 Å². The molecule has 2 aromatic rings. The van der Waals surface area contributed by atoms with Gasteiger partial charge in [0.1, 0.15) is 36.6 Å². The van der Waals surface area contributed by atoms with E-state index in [0.29, 0.717) is 23.0 Å². The first-order chi connectivity index (χ1) is 21.2. The Morgan fingerprint density at radius 2 is 1.51 bits per heavy atom. The van der Waals surface area contributed by atoms with E-state index in [1.807, 2.05) is 13.8 Å². The van der Waals surface area contributed by atoms with Crippen LogP contribution in [0.2, 0.25) is 0 Å². The fourth-order valence-corrected chi connectivity index (χ4v) is 6.57. The zero-order chi connectivity index (χ0) is 32.3. The van der Waals surface area contributed by atoms with Crippen LogP contribution < -0.4 is 15.5 Å². The van der Waals surface area contributed by atoms with Crippen molar-refractivity contribution >= 4 is 40.0 Å². The van der Waals surface area contributed by atoms with Crippen LogP contribution in [-0.2, 0) is 97.6 Å². The van der Waals surface area contributed by atoms with E-state index in [1.54, 1.807) is 4.57 Å². The minimum Gasteiger partial charge on any atom is -0.756 e. The topological polar surface area (TPSA) is 289 Å². The molecule has 25 heteroatoms. The van der Waals surface area contributed by atoms with Crippen molar-refractivity contribution in [1.29, 1.82) is 0 Å². The predicted molar refractivity (Wildman–Crippen MR) is 144 cm³/mol. The molecule has 0 spiro atoms. The monoisotopic (exact) mass is 853 g/mol.